The summed E-state index contributed by atoms with van der Waals surface area (Å²) in [5.74, 6) is 0.254. The largest absolute Gasteiger partial charge is 0.497 e. The van der Waals surface area contributed by atoms with E-state index in [0.29, 0.717) is 17.9 Å². The Bertz CT molecular complexity index is 1300. The zero-order valence-electron chi connectivity index (χ0n) is 20.0. The lowest BCUT2D eigenvalue weighted by Gasteiger charge is -2.20. The fourth-order valence-corrected chi connectivity index (χ4v) is 5.87. The van der Waals surface area contributed by atoms with Crippen LogP contribution in [0.2, 0.25) is 0 Å². The van der Waals surface area contributed by atoms with Crippen LogP contribution in [0.1, 0.15) is 38.2 Å². The van der Waals surface area contributed by atoms with Crippen LogP contribution < -0.4 is 13.8 Å². The summed E-state index contributed by atoms with van der Waals surface area (Å²) in [6.45, 7) is 4.03. The van der Waals surface area contributed by atoms with Gasteiger partial charge < -0.3 is 14.6 Å². The second kappa shape index (κ2) is 10.00. The molecule has 184 valence electrons. The van der Waals surface area contributed by atoms with Crippen LogP contribution in [0.5, 0.6) is 11.5 Å². The fourth-order valence-electron chi connectivity index (χ4n) is 4.33. The van der Waals surface area contributed by atoms with Crippen molar-refractivity contribution in [1.29, 1.82) is 0 Å². The molecule has 35 heavy (non-hydrogen) atoms. The average molecular weight is 496 g/mol. The molecule has 0 spiro atoms. The lowest BCUT2D eigenvalue weighted by molar-refractivity contribution is -0.137. The van der Waals surface area contributed by atoms with E-state index >= 15 is 0 Å². The van der Waals surface area contributed by atoms with Crippen LogP contribution in [0.4, 0.5) is 5.69 Å². The van der Waals surface area contributed by atoms with Gasteiger partial charge in [0.15, 0.2) is 0 Å². The topological polar surface area (TPSA) is 93.1 Å². The molecule has 0 amide bonds. The van der Waals surface area contributed by atoms with Gasteiger partial charge in [0.2, 0.25) is 0 Å². The first-order valence-electron chi connectivity index (χ1n) is 11.5. The Morgan fingerprint density at radius 3 is 2.17 bits per heavy atom. The minimum Gasteiger partial charge on any atom is -0.497 e. The summed E-state index contributed by atoms with van der Waals surface area (Å²) in [5, 5.41) is 9.18. The number of hydrogen-bond acceptors (Lipinski definition) is 5. The Balaban J connectivity index is 1.64. The lowest BCUT2D eigenvalue weighted by atomic mass is 9.96. The molecule has 7 nitrogen and oxygen atoms in total. The van der Waals surface area contributed by atoms with Crippen molar-refractivity contribution < 1.29 is 27.8 Å². The fraction of sp³-hybridized carbons (Fsp3) is 0.296. The summed E-state index contributed by atoms with van der Waals surface area (Å²) in [7, 11) is -2.24. The number of methoxy groups -OCH3 is 1. The standard InChI is InChI=1S/C27H29NO6S/c1-18(2)34-23-11-14-26-25(16-23)21(8-15-27(29)30)17-28(26)35(31,32)24-12-6-20(7-13-24)19-4-9-22(33-3)10-5-19/h4-7,9-14,16,18,21H,8,15,17H2,1-3H3,(H,29,30). The van der Waals surface area contributed by atoms with Crippen LogP contribution in [0.25, 0.3) is 11.1 Å². The molecule has 8 heteroatoms. The normalized spacial score (nSPS) is 15.2. The molecule has 0 radical (unpaired) electrons. The van der Waals surface area contributed by atoms with Crippen LogP contribution in [0, 0.1) is 0 Å². The van der Waals surface area contributed by atoms with E-state index in [2.05, 4.69) is 0 Å². The number of rotatable bonds is 9. The quantitative estimate of drug-likeness (QED) is 0.433. The Labute approximate surface area is 206 Å². The summed E-state index contributed by atoms with van der Waals surface area (Å²) < 4.78 is 39.6. The summed E-state index contributed by atoms with van der Waals surface area (Å²) in [6.07, 6.45) is 0.274. The van der Waals surface area contributed by atoms with Crippen molar-refractivity contribution in [2.24, 2.45) is 0 Å². The van der Waals surface area contributed by atoms with Crippen LogP contribution in [0.15, 0.2) is 71.6 Å². The van der Waals surface area contributed by atoms with Crippen LogP contribution >= 0.6 is 0 Å². The first-order chi connectivity index (χ1) is 16.7. The third-order valence-corrected chi connectivity index (χ3v) is 7.83. The molecule has 1 aliphatic rings. The molecule has 0 saturated carbocycles. The Kier molecular flexibility index (Phi) is 7.03. The molecule has 1 atom stereocenters. The van der Waals surface area contributed by atoms with Crippen molar-refractivity contribution in [2.75, 3.05) is 18.0 Å². The third kappa shape index (κ3) is 5.27. The summed E-state index contributed by atoms with van der Waals surface area (Å²) in [5.41, 5.74) is 3.20. The summed E-state index contributed by atoms with van der Waals surface area (Å²) in [4.78, 5) is 11.4. The first-order valence-corrected chi connectivity index (χ1v) is 12.9. The van der Waals surface area contributed by atoms with Crippen molar-refractivity contribution in [2.45, 2.75) is 43.6 Å². The Morgan fingerprint density at radius 1 is 1.00 bits per heavy atom. The van der Waals surface area contributed by atoms with Crippen molar-refractivity contribution in [3.63, 3.8) is 0 Å². The monoisotopic (exact) mass is 495 g/mol. The number of aliphatic carboxylic acids is 1. The molecule has 1 unspecified atom stereocenters. The van der Waals surface area contributed by atoms with Gasteiger partial charge in [-0.1, -0.05) is 24.3 Å². The molecule has 4 rings (SSSR count). The molecule has 0 aliphatic carbocycles. The van der Waals surface area contributed by atoms with Crippen LogP contribution in [-0.2, 0) is 14.8 Å². The van der Waals surface area contributed by atoms with E-state index in [-0.39, 0.29) is 29.9 Å². The minimum atomic E-state index is -3.84. The van der Waals surface area contributed by atoms with Gasteiger partial charge in [0.25, 0.3) is 10.0 Å². The van der Waals surface area contributed by atoms with Gasteiger partial charge in [0, 0.05) is 18.9 Å². The number of carboxylic acid groups (broad SMARTS) is 1. The maximum atomic E-state index is 13.6. The highest BCUT2D eigenvalue weighted by atomic mass is 32.2. The average Bonchev–Trinajstić information content (AvgIpc) is 3.21. The van der Waals surface area contributed by atoms with Gasteiger partial charge in [0.1, 0.15) is 11.5 Å². The molecule has 0 saturated heterocycles. The number of carbonyl (C=O) groups is 1. The maximum Gasteiger partial charge on any atom is 0.303 e. The lowest BCUT2D eigenvalue weighted by Crippen LogP contribution is -2.30. The van der Waals surface area contributed by atoms with Gasteiger partial charge in [-0.3, -0.25) is 9.10 Å². The number of ether oxygens (including phenoxy) is 2. The highest BCUT2D eigenvalue weighted by Gasteiger charge is 2.37. The van der Waals surface area contributed by atoms with Crippen LogP contribution in [0.3, 0.4) is 0 Å². The van der Waals surface area contributed by atoms with E-state index in [9.17, 15) is 18.3 Å². The van der Waals surface area contributed by atoms with Gasteiger partial charge >= 0.3 is 5.97 Å². The van der Waals surface area contributed by atoms with Crippen molar-refractivity contribution >= 4 is 21.7 Å². The van der Waals surface area contributed by atoms with Gasteiger partial charge in [-0.2, -0.15) is 0 Å². The number of anilines is 1. The van der Waals surface area contributed by atoms with Crippen molar-refractivity contribution in [3.05, 3.63) is 72.3 Å². The number of sulfonamides is 1. The Morgan fingerprint density at radius 2 is 1.60 bits per heavy atom. The number of benzene rings is 3. The molecule has 3 aromatic carbocycles. The van der Waals surface area contributed by atoms with E-state index in [1.165, 1.54) is 4.31 Å². The predicted molar refractivity (Wildman–Crippen MR) is 135 cm³/mol. The second-order valence-corrected chi connectivity index (χ2v) is 10.7. The molecule has 0 fully saturated rings. The molecule has 3 aromatic rings. The van der Waals surface area contributed by atoms with Gasteiger partial charge in [-0.25, -0.2) is 8.42 Å². The molecule has 1 aliphatic heterocycles. The highest BCUT2D eigenvalue weighted by Crippen LogP contribution is 2.43. The maximum absolute atomic E-state index is 13.6. The first kappa shape index (κ1) is 24.6. The SMILES string of the molecule is COc1ccc(-c2ccc(S(=O)(=O)N3CC(CCC(=O)O)c4cc(OC(C)C)ccc43)cc2)cc1. The van der Waals surface area contributed by atoms with E-state index in [1.54, 1.807) is 43.5 Å². The molecular formula is C27H29NO6S. The number of carboxylic acids is 1. The molecule has 0 aromatic heterocycles. The highest BCUT2D eigenvalue weighted by molar-refractivity contribution is 7.92. The van der Waals surface area contributed by atoms with Crippen molar-refractivity contribution in [3.8, 4) is 22.6 Å². The zero-order valence-corrected chi connectivity index (χ0v) is 20.8. The number of hydrogen-bond donors (Lipinski definition) is 1. The number of nitrogens with zero attached hydrogens (tertiary/aromatic N) is 1. The van der Waals surface area contributed by atoms with E-state index < -0.39 is 16.0 Å². The second-order valence-electron chi connectivity index (χ2n) is 8.81. The van der Waals surface area contributed by atoms with E-state index in [4.69, 9.17) is 9.47 Å². The summed E-state index contributed by atoms with van der Waals surface area (Å²) in [6, 6.07) is 19.7. The third-order valence-electron chi connectivity index (χ3n) is 6.04. The number of fused-ring (bicyclic) bond motifs is 1. The van der Waals surface area contributed by atoms with Crippen molar-refractivity contribution in [1.82, 2.24) is 0 Å². The van der Waals surface area contributed by atoms with E-state index in [0.717, 1.165) is 22.4 Å². The predicted octanol–water partition coefficient (Wildman–Crippen LogP) is 5.31. The molecule has 1 heterocycles. The smallest absolute Gasteiger partial charge is 0.303 e. The Hall–Kier alpha value is -3.52. The van der Waals surface area contributed by atoms with Crippen LogP contribution in [-0.4, -0.2) is 39.3 Å². The van der Waals surface area contributed by atoms with Gasteiger partial charge in [0.05, 0.1) is 23.8 Å². The summed E-state index contributed by atoms with van der Waals surface area (Å²) >= 11 is 0. The minimum absolute atomic E-state index is 0.0315. The van der Waals surface area contributed by atoms with E-state index in [1.807, 2.05) is 44.2 Å². The molecule has 0 bridgehead atoms. The van der Waals surface area contributed by atoms with Gasteiger partial charge in [-0.15, -0.1) is 0 Å². The molecule has 1 N–H and O–H groups in total. The van der Waals surface area contributed by atoms with Gasteiger partial charge in [-0.05, 0) is 79.4 Å². The zero-order chi connectivity index (χ0) is 25.2. The molecular weight excluding hydrogens is 466 g/mol.